The van der Waals surface area contributed by atoms with E-state index in [2.05, 4.69) is 5.16 Å². The largest absolute Gasteiger partial charge is 0.497 e. The van der Waals surface area contributed by atoms with Gasteiger partial charge in [0.05, 0.1) is 39.7 Å². The van der Waals surface area contributed by atoms with Gasteiger partial charge in [-0.15, -0.1) is 0 Å². The van der Waals surface area contributed by atoms with Crippen molar-refractivity contribution >= 4 is 11.7 Å². The summed E-state index contributed by atoms with van der Waals surface area (Å²) in [7, 11) is 6.09. The summed E-state index contributed by atoms with van der Waals surface area (Å²) in [6.45, 7) is 0. The van der Waals surface area contributed by atoms with Crippen molar-refractivity contribution in [2.45, 2.75) is 12.8 Å². The third-order valence-electron chi connectivity index (χ3n) is 4.39. The highest BCUT2D eigenvalue weighted by Gasteiger charge is 2.21. The maximum Gasteiger partial charge on any atom is 0.366 e. The predicted molar refractivity (Wildman–Crippen MR) is 99.4 cm³/mol. The van der Waals surface area contributed by atoms with Crippen LogP contribution in [0.5, 0.6) is 23.0 Å². The van der Waals surface area contributed by atoms with Crippen LogP contribution < -0.4 is 18.9 Å². The molecule has 0 saturated carbocycles. The molecule has 7 heteroatoms. The minimum absolute atomic E-state index is 0.252. The number of hydrogen-bond acceptors (Lipinski definition) is 7. The molecule has 1 aliphatic carbocycles. The fraction of sp³-hybridized carbons (Fsp3) is 0.300. The Bertz CT molecular complexity index is 865. The molecular weight excluding hydrogens is 350 g/mol. The molecule has 0 heterocycles. The molecule has 0 amide bonds. The average molecular weight is 371 g/mol. The predicted octanol–water partition coefficient (Wildman–Crippen LogP) is 3.23. The van der Waals surface area contributed by atoms with Gasteiger partial charge in [-0.1, -0.05) is 5.16 Å². The first-order valence-corrected chi connectivity index (χ1v) is 8.36. The van der Waals surface area contributed by atoms with E-state index in [0.717, 1.165) is 29.0 Å². The SMILES string of the molecule is COc1ccc2c(c1)CC/C2=N\OC(=O)c1cc(OC)c(OC)c(OC)c1. The molecule has 0 aliphatic heterocycles. The summed E-state index contributed by atoms with van der Waals surface area (Å²) in [4.78, 5) is 17.6. The lowest BCUT2D eigenvalue weighted by Gasteiger charge is -2.13. The molecule has 1 aliphatic rings. The topological polar surface area (TPSA) is 75.6 Å². The highest BCUT2D eigenvalue weighted by molar-refractivity contribution is 6.05. The fourth-order valence-electron chi connectivity index (χ4n) is 3.02. The smallest absolute Gasteiger partial charge is 0.366 e. The van der Waals surface area contributed by atoms with Crippen LogP contribution in [0.3, 0.4) is 0 Å². The van der Waals surface area contributed by atoms with Gasteiger partial charge in [-0.2, -0.15) is 0 Å². The van der Waals surface area contributed by atoms with Gasteiger partial charge in [-0.05, 0) is 48.7 Å². The van der Waals surface area contributed by atoms with E-state index in [-0.39, 0.29) is 5.56 Å². The van der Waals surface area contributed by atoms with Gasteiger partial charge in [0.15, 0.2) is 11.5 Å². The van der Waals surface area contributed by atoms with Crippen molar-refractivity contribution in [3.8, 4) is 23.0 Å². The maximum absolute atomic E-state index is 12.4. The number of benzene rings is 2. The van der Waals surface area contributed by atoms with Crippen molar-refractivity contribution in [1.29, 1.82) is 0 Å². The summed E-state index contributed by atoms with van der Waals surface area (Å²) in [5, 5.41) is 4.06. The molecule has 0 bridgehead atoms. The van der Waals surface area contributed by atoms with E-state index in [1.54, 1.807) is 7.11 Å². The Morgan fingerprint density at radius 2 is 1.59 bits per heavy atom. The summed E-state index contributed by atoms with van der Waals surface area (Å²) in [5.41, 5.74) is 3.07. The van der Waals surface area contributed by atoms with Crippen LogP contribution >= 0.6 is 0 Å². The second-order valence-electron chi connectivity index (χ2n) is 5.85. The molecule has 0 saturated heterocycles. The van der Waals surface area contributed by atoms with Gasteiger partial charge in [-0.3, -0.25) is 0 Å². The van der Waals surface area contributed by atoms with Crippen molar-refractivity contribution in [2.75, 3.05) is 28.4 Å². The van der Waals surface area contributed by atoms with E-state index in [1.165, 1.54) is 33.5 Å². The first-order valence-electron chi connectivity index (χ1n) is 8.36. The number of methoxy groups -OCH3 is 4. The minimum Gasteiger partial charge on any atom is -0.497 e. The van der Waals surface area contributed by atoms with Crippen molar-refractivity contribution < 1.29 is 28.6 Å². The highest BCUT2D eigenvalue weighted by Crippen LogP contribution is 2.38. The Morgan fingerprint density at radius 1 is 0.889 bits per heavy atom. The van der Waals surface area contributed by atoms with Crippen LogP contribution in [0.1, 0.15) is 27.9 Å². The first-order chi connectivity index (χ1) is 13.1. The number of aryl methyl sites for hydroxylation is 1. The third kappa shape index (κ3) is 3.67. The van der Waals surface area contributed by atoms with E-state index in [1.807, 2.05) is 18.2 Å². The zero-order chi connectivity index (χ0) is 19.4. The summed E-state index contributed by atoms with van der Waals surface area (Å²) in [6.07, 6.45) is 1.53. The van der Waals surface area contributed by atoms with Gasteiger partial charge >= 0.3 is 5.97 Å². The fourth-order valence-corrected chi connectivity index (χ4v) is 3.02. The summed E-state index contributed by atoms with van der Waals surface area (Å²) < 4.78 is 21.0. The number of ether oxygens (including phenoxy) is 4. The molecule has 0 N–H and O–H groups in total. The number of rotatable bonds is 6. The molecule has 0 fully saturated rings. The first kappa shape index (κ1) is 18.6. The molecule has 27 heavy (non-hydrogen) atoms. The highest BCUT2D eigenvalue weighted by atomic mass is 16.7. The Labute approximate surface area is 157 Å². The molecule has 0 atom stereocenters. The molecular formula is C20H21NO6. The molecule has 0 unspecified atom stereocenters. The van der Waals surface area contributed by atoms with Crippen LogP contribution in [-0.4, -0.2) is 40.1 Å². The van der Waals surface area contributed by atoms with E-state index < -0.39 is 5.97 Å². The van der Waals surface area contributed by atoms with Crippen molar-refractivity contribution in [3.63, 3.8) is 0 Å². The van der Waals surface area contributed by atoms with Crippen LogP contribution in [0.4, 0.5) is 0 Å². The van der Waals surface area contributed by atoms with E-state index >= 15 is 0 Å². The maximum atomic E-state index is 12.4. The zero-order valence-electron chi connectivity index (χ0n) is 15.7. The van der Waals surface area contributed by atoms with Crippen LogP contribution in [0, 0.1) is 0 Å². The zero-order valence-corrected chi connectivity index (χ0v) is 15.7. The van der Waals surface area contributed by atoms with Gasteiger partial charge < -0.3 is 23.8 Å². The van der Waals surface area contributed by atoms with Crippen molar-refractivity contribution in [3.05, 3.63) is 47.0 Å². The lowest BCUT2D eigenvalue weighted by Crippen LogP contribution is -2.06. The van der Waals surface area contributed by atoms with E-state index in [0.29, 0.717) is 23.7 Å². The average Bonchev–Trinajstić information content (AvgIpc) is 3.12. The summed E-state index contributed by atoms with van der Waals surface area (Å²) in [5.74, 6) is 1.33. The van der Waals surface area contributed by atoms with Crippen LogP contribution in [0.15, 0.2) is 35.5 Å². The molecule has 2 aromatic rings. The monoisotopic (exact) mass is 371 g/mol. The molecule has 142 valence electrons. The Kier molecular flexibility index (Phi) is 5.49. The quantitative estimate of drug-likeness (QED) is 0.573. The molecule has 0 radical (unpaired) electrons. The van der Waals surface area contributed by atoms with Gasteiger partial charge in [0.2, 0.25) is 5.75 Å². The lowest BCUT2D eigenvalue weighted by atomic mass is 10.1. The number of hydrogen-bond donors (Lipinski definition) is 0. The number of carbonyl (C=O) groups excluding carboxylic acids is 1. The van der Waals surface area contributed by atoms with Crippen LogP contribution in [-0.2, 0) is 11.3 Å². The number of fused-ring (bicyclic) bond motifs is 1. The Morgan fingerprint density at radius 3 is 2.19 bits per heavy atom. The molecule has 2 aromatic carbocycles. The third-order valence-corrected chi connectivity index (χ3v) is 4.39. The van der Waals surface area contributed by atoms with E-state index in [9.17, 15) is 4.79 Å². The lowest BCUT2D eigenvalue weighted by molar-refractivity contribution is 0.0515. The second-order valence-corrected chi connectivity index (χ2v) is 5.85. The van der Waals surface area contributed by atoms with Gasteiger partial charge in [-0.25, -0.2) is 4.79 Å². The number of carbonyl (C=O) groups is 1. The second kappa shape index (κ2) is 7.99. The van der Waals surface area contributed by atoms with Gasteiger partial charge in [0.1, 0.15) is 5.75 Å². The molecule has 0 aromatic heterocycles. The molecule has 7 nitrogen and oxygen atoms in total. The summed E-state index contributed by atoms with van der Waals surface area (Å²) in [6, 6.07) is 8.81. The van der Waals surface area contributed by atoms with Gasteiger partial charge in [0.25, 0.3) is 0 Å². The van der Waals surface area contributed by atoms with Crippen molar-refractivity contribution in [1.82, 2.24) is 0 Å². The van der Waals surface area contributed by atoms with Crippen LogP contribution in [0.2, 0.25) is 0 Å². The summed E-state index contributed by atoms with van der Waals surface area (Å²) >= 11 is 0. The molecule has 3 rings (SSSR count). The van der Waals surface area contributed by atoms with Crippen molar-refractivity contribution in [2.24, 2.45) is 5.16 Å². The van der Waals surface area contributed by atoms with Crippen LogP contribution in [0.25, 0.3) is 0 Å². The Hall–Kier alpha value is -3.22. The van der Waals surface area contributed by atoms with E-state index in [4.69, 9.17) is 23.8 Å². The van der Waals surface area contributed by atoms with Gasteiger partial charge in [0, 0.05) is 5.56 Å². The standard InChI is InChI=1S/C20H21NO6/c1-23-14-6-7-15-12(9-14)5-8-16(15)21-27-20(22)13-10-17(24-2)19(26-4)18(11-13)25-3/h6-7,9-11H,5,8H2,1-4H3/b21-16+. The normalized spacial score (nSPS) is 13.9. The molecule has 0 spiro atoms. The minimum atomic E-state index is -0.608. The number of nitrogens with zero attached hydrogens (tertiary/aromatic N) is 1. The Balaban J connectivity index is 1.82. The number of oxime groups is 1.